The Balaban J connectivity index is 4.12. The van der Waals surface area contributed by atoms with Crippen LogP contribution in [0.2, 0.25) is 0 Å². The summed E-state index contributed by atoms with van der Waals surface area (Å²) in [7, 11) is -3.32. The monoisotopic (exact) mass is 266 g/mol. The molecule has 0 aromatic heterocycles. The fraction of sp³-hybridized carbons (Fsp3) is 1.00. The van der Waals surface area contributed by atoms with E-state index in [4.69, 9.17) is 13.6 Å². The Hall–Kier alpha value is 0.110. The third-order valence-electron chi connectivity index (χ3n) is 2.59. The van der Waals surface area contributed by atoms with Crippen LogP contribution in [-0.2, 0) is 18.1 Å². The molecule has 0 aliphatic heterocycles. The highest BCUT2D eigenvalue weighted by atomic mass is 31.2. The van der Waals surface area contributed by atoms with Gasteiger partial charge in [-0.1, -0.05) is 33.1 Å². The summed E-state index contributed by atoms with van der Waals surface area (Å²) in [5, 5.41) is 0. The molecule has 1 unspecified atom stereocenters. The van der Waals surface area contributed by atoms with Crippen molar-refractivity contribution >= 4 is 7.82 Å². The van der Waals surface area contributed by atoms with E-state index < -0.39 is 7.82 Å². The van der Waals surface area contributed by atoms with E-state index in [-0.39, 0.29) is 0 Å². The van der Waals surface area contributed by atoms with Gasteiger partial charge in [0, 0.05) is 0 Å². The minimum atomic E-state index is -3.32. The second-order valence-corrected chi connectivity index (χ2v) is 5.66. The van der Waals surface area contributed by atoms with E-state index in [9.17, 15) is 4.57 Å². The summed E-state index contributed by atoms with van der Waals surface area (Å²) in [5.74, 6) is 0.434. The highest BCUT2D eigenvalue weighted by molar-refractivity contribution is 7.48. The number of phosphoric acid groups is 1. The lowest BCUT2D eigenvalue weighted by atomic mass is 10.0. The first-order chi connectivity index (χ1) is 8.11. The molecule has 1 atom stereocenters. The van der Waals surface area contributed by atoms with Crippen LogP contribution in [-0.4, -0.2) is 19.8 Å². The van der Waals surface area contributed by atoms with Crippen LogP contribution >= 0.6 is 7.82 Å². The largest absolute Gasteiger partial charge is 0.474 e. The van der Waals surface area contributed by atoms with Crippen LogP contribution in [0.1, 0.15) is 53.4 Å². The topological polar surface area (TPSA) is 44.8 Å². The molecule has 17 heavy (non-hydrogen) atoms. The molecule has 0 N–H and O–H groups in total. The molecule has 0 rings (SSSR count). The van der Waals surface area contributed by atoms with Crippen LogP contribution < -0.4 is 0 Å². The SMILES string of the molecule is CCCCC(CC)COP(=O)(OCC)OCC. The average Bonchev–Trinajstić information content (AvgIpc) is 2.30. The van der Waals surface area contributed by atoms with Crippen LogP contribution in [0.15, 0.2) is 0 Å². The summed E-state index contributed by atoms with van der Waals surface area (Å²) < 4.78 is 27.6. The molecule has 0 saturated heterocycles. The number of unbranched alkanes of at least 4 members (excludes halogenated alkanes) is 1. The predicted octanol–water partition coefficient (Wildman–Crippen LogP) is 4.40. The molecule has 5 heteroatoms. The fourth-order valence-electron chi connectivity index (χ4n) is 1.52. The molecule has 0 radical (unpaired) electrons. The molecule has 104 valence electrons. The molecule has 0 spiro atoms. The maximum atomic E-state index is 12.0. The minimum absolute atomic E-state index is 0.336. The van der Waals surface area contributed by atoms with Crippen molar-refractivity contribution in [2.75, 3.05) is 19.8 Å². The van der Waals surface area contributed by atoms with Crippen molar-refractivity contribution in [1.29, 1.82) is 0 Å². The zero-order valence-electron chi connectivity index (χ0n) is 11.6. The molecular weight excluding hydrogens is 239 g/mol. The summed E-state index contributed by atoms with van der Waals surface area (Å²) in [6, 6.07) is 0. The minimum Gasteiger partial charge on any atom is -0.287 e. The lowest BCUT2D eigenvalue weighted by molar-refractivity contribution is 0.104. The molecule has 0 heterocycles. The Morgan fingerprint density at radius 3 is 2.00 bits per heavy atom. The summed E-state index contributed by atoms with van der Waals surface area (Å²) in [4.78, 5) is 0. The first kappa shape index (κ1) is 17.1. The first-order valence-corrected chi connectivity index (χ1v) is 8.11. The van der Waals surface area contributed by atoms with E-state index in [1.54, 1.807) is 13.8 Å². The first-order valence-electron chi connectivity index (χ1n) is 6.65. The molecule has 4 nitrogen and oxygen atoms in total. The normalized spacial score (nSPS) is 13.9. The third kappa shape index (κ3) is 7.93. The summed E-state index contributed by atoms with van der Waals surface area (Å²) in [6.07, 6.45) is 4.48. The van der Waals surface area contributed by atoms with Gasteiger partial charge < -0.3 is 0 Å². The predicted molar refractivity (Wildman–Crippen MR) is 70.1 cm³/mol. The van der Waals surface area contributed by atoms with E-state index in [0.29, 0.717) is 25.7 Å². The van der Waals surface area contributed by atoms with Gasteiger partial charge in [-0.2, -0.15) is 0 Å². The van der Waals surface area contributed by atoms with Gasteiger partial charge in [0.25, 0.3) is 0 Å². The van der Waals surface area contributed by atoms with Gasteiger partial charge in [0.05, 0.1) is 19.8 Å². The number of hydrogen-bond acceptors (Lipinski definition) is 4. The smallest absolute Gasteiger partial charge is 0.287 e. The van der Waals surface area contributed by atoms with E-state index >= 15 is 0 Å². The standard InChI is InChI=1S/C12H27O4P/c1-5-9-10-12(6-2)11-16-17(13,14-7-3)15-8-4/h12H,5-11H2,1-4H3. The van der Waals surface area contributed by atoms with Crippen LogP contribution in [0, 0.1) is 5.92 Å². The van der Waals surface area contributed by atoms with Crippen molar-refractivity contribution in [1.82, 2.24) is 0 Å². The van der Waals surface area contributed by atoms with Gasteiger partial charge in [-0.25, -0.2) is 4.57 Å². The van der Waals surface area contributed by atoms with E-state index in [1.807, 2.05) is 0 Å². The van der Waals surface area contributed by atoms with Crippen LogP contribution in [0.3, 0.4) is 0 Å². The number of rotatable bonds is 11. The van der Waals surface area contributed by atoms with Crippen molar-refractivity contribution in [3.05, 3.63) is 0 Å². The van der Waals surface area contributed by atoms with Gasteiger partial charge in [-0.3, -0.25) is 13.6 Å². The third-order valence-corrected chi connectivity index (χ3v) is 4.20. The van der Waals surface area contributed by atoms with Gasteiger partial charge in [0.1, 0.15) is 0 Å². The van der Waals surface area contributed by atoms with Crippen molar-refractivity contribution < 1.29 is 18.1 Å². The molecule has 0 aliphatic rings. The second-order valence-electron chi connectivity index (χ2n) is 4.00. The number of hydrogen-bond donors (Lipinski definition) is 0. The maximum Gasteiger partial charge on any atom is 0.474 e. The lowest BCUT2D eigenvalue weighted by Crippen LogP contribution is -2.10. The average molecular weight is 266 g/mol. The van der Waals surface area contributed by atoms with Crippen LogP contribution in [0.4, 0.5) is 0 Å². The van der Waals surface area contributed by atoms with Crippen LogP contribution in [0.5, 0.6) is 0 Å². The molecule has 0 aromatic rings. The molecule has 0 amide bonds. The number of phosphoric ester groups is 1. The Bertz CT molecular complexity index is 211. The van der Waals surface area contributed by atoms with Gasteiger partial charge >= 0.3 is 7.82 Å². The fourth-order valence-corrected chi connectivity index (χ4v) is 2.77. The second kappa shape index (κ2) is 10.1. The van der Waals surface area contributed by atoms with Gasteiger partial charge in [-0.15, -0.1) is 0 Å². The van der Waals surface area contributed by atoms with Crippen molar-refractivity contribution in [2.45, 2.75) is 53.4 Å². The van der Waals surface area contributed by atoms with E-state index in [1.165, 1.54) is 12.8 Å². The van der Waals surface area contributed by atoms with Gasteiger partial charge in [0.15, 0.2) is 0 Å². The van der Waals surface area contributed by atoms with E-state index in [2.05, 4.69) is 13.8 Å². The Kier molecular flexibility index (Phi) is 10.1. The Labute approximate surface area is 106 Å². The maximum absolute atomic E-state index is 12.0. The molecule has 0 bridgehead atoms. The summed E-state index contributed by atoms with van der Waals surface area (Å²) >= 11 is 0. The lowest BCUT2D eigenvalue weighted by Gasteiger charge is -2.20. The summed E-state index contributed by atoms with van der Waals surface area (Å²) in [5.41, 5.74) is 0. The highest BCUT2D eigenvalue weighted by Gasteiger charge is 2.26. The zero-order chi connectivity index (χ0) is 13.1. The zero-order valence-corrected chi connectivity index (χ0v) is 12.5. The summed E-state index contributed by atoms with van der Waals surface area (Å²) in [6.45, 7) is 8.97. The molecule has 0 aliphatic carbocycles. The van der Waals surface area contributed by atoms with E-state index in [0.717, 1.165) is 12.8 Å². The van der Waals surface area contributed by atoms with Gasteiger partial charge in [0.2, 0.25) is 0 Å². The Morgan fingerprint density at radius 2 is 1.59 bits per heavy atom. The molecule has 0 fully saturated rings. The Morgan fingerprint density at radius 1 is 1.00 bits per heavy atom. The highest BCUT2D eigenvalue weighted by Crippen LogP contribution is 2.49. The molecular formula is C12H27O4P. The molecule has 0 aromatic carbocycles. The van der Waals surface area contributed by atoms with Crippen molar-refractivity contribution in [3.8, 4) is 0 Å². The molecule has 0 saturated carbocycles. The van der Waals surface area contributed by atoms with Gasteiger partial charge in [-0.05, 0) is 26.2 Å². The van der Waals surface area contributed by atoms with Crippen molar-refractivity contribution in [3.63, 3.8) is 0 Å². The van der Waals surface area contributed by atoms with Crippen LogP contribution in [0.25, 0.3) is 0 Å². The van der Waals surface area contributed by atoms with Crippen molar-refractivity contribution in [2.24, 2.45) is 5.92 Å². The quantitative estimate of drug-likeness (QED) is 0.520.